The summed E-state index contributed by atoms with van der Waals surface area (Å²) in [7, 11) is 1.91. The topological polar surface area (TPSA) is 78.7 Å². The van der Waals surface area contributed by atoms with Crippen LogP contribution in [0, 0.1) is 19.9 Å². The minimum absolute atomic E-state index is 0.498. The summed E-state index contributed by atoms with van der Waals surface area (Å²) in [6, 6.07) is 6.39. The SMILES string of the molecule is Cc1cc2nc(-c3[c]cn(C(N)=O)n3)n(C)c2cc1C. The summed E-state index contributed by atoms with van der Waals surface area (Å²) in [6.07, 6.45) is 1.41. The molecule has 20 heavy (non-hydrogen) atoms. The third kappa shape index (κ3) is 1.77. The number of primary amides is 1. The summed E-state index contributed by atoms with van der Waals surface area (Å²) < 4.78 is 2.98. The van der Waals surface area contributed by atoms with E-state index in [9.17, 15) is 4.79 Å². The third-order valence-electron chi connectivity index (χ3n) is 3.47. The Morgan fingerprint density at radius 1 is 1.30 bits per heavy atom. The number of nitrogens with two attached hydrogens (primary N) is 1. The van der Waals surface area contributed by atoms with Crippen LogP contribution in [0.4, 0.5) is 4.79 Å². The Labute approximate surface area is 115 Å². The van der Waals surface area contributed by atoms with Gasteiger partial charge in [-0.1, -0.05) is 0 Å². The van der Waals surface area contributed by atoms with Gasteiger partial charge in [0.2, 0.25) is 0 Å². The van der Waals surface area contributed by atoms with Crippen LogP contribution in [0.25, 0.3) is 22.6 Å². The van der Waals surface area contributed by atoms with E-state index in [1.54, 1.807) is 0 Å². The van der Waals surface area contributed by atoms with Gasteiger partial charge < -0.3 is 10.3 Å². The van der Waals surface area contributed by atoms with Crippen molar-refractivity contribution in [3.63, 3.8) is 0 Å². The molecule has 0 aliphatic heterocycles. The number of hydrogen-bond donors (Lipinski definition) is 1. The summed E-state index contributed by atoms with van der Waals surface area (Å²) >= 11 is 0. The van der Waals surface area contributed by atoms with Gasteiger partial charge in [-0.3, -0.25) is 0 Å². The lowest BCUT2D eigenvalue weighted by Gasteiger charge is -2.01. The zero-order chi connectivity index (χ0) is 14.4. The van der Waals surface area contributed by atoms with Gasteiger partial charge in [0.05, 0.1) is 11.0 Å². The van der Waals surface area contributed by atoms with Gasteiger partial charge in [0.15, 0.2) is 5.82 Å². The molecule has 6 nitrogen and oxygen atoms in total. The molecule has 2 heterocycles. The second-order valence-corrected chi connectivity index (χ2v) is 4.82. The van der Waals surface area contributed by atoms with E-state index >= 15 is 0 Å². The van der Waals surface area contributed by atoms with Gasteiger partial charge in [-0.05, 0) is 37.1 Å². The van der Waals surface area contributed by atoms with Crippen LogP contribution in [-0.2, 0) is 7.05 Å². The van der Waals surface area contributed by atoms with Crippen LogP contribution in [0.15, 0.2) is 18.3 Å². The lowest BCUT2D eigenvalue weighted by molar-refractivity contribution is 0.247. The smallest absolute Gasteiger partial charge is 0.339 e. The van der Waals surface area contributed by atoms with Gasteiger partial charge in [-0.25, -0.2) is 9.78 Å². The van der Waals surface area contributed by atoms with Crippen molar-refractivity contribution in [2.45, 2.75) is 13.8 Å². The number of aromatic nitrogens is 4. The highest BCUT2D eigenvalue weighted by molar-refractivity contribution is 5.82. The molecular formula is C14H14N5O. The number of fused-ring (bicyclic) bond motifs is 1. The van der Waals surface area contributed by atoms with Crippen molar-refractivity contribution in [2.75, 3.05) is 0 Å². The molecule has 1 amide bonds. The normalized spacial score (nSPS) is 11.2. The van der Waals surface area contributed by atoms with Crippen molar-refractivity contribution in [3.05, 3.63) is 35.5 Å². The first-order valence-electron chi connectivity index (χ1n) is 6.18. The molecule has 1 aromatic carbocycles. The first kappa shape index (κ1) is 12.4. The molecule has 3 rings (SSSR count). The zero-order valence-corrected chi connectivity index (χ0v) is 11.5. The number of rotatable bonds is 1. The number of imidazole rings is 1. The van der Waals surface area contributed by atoms with Gasteiger partial charge in [0, 0.05) is 19.3 Å². The van der Waals surface area contributed by atoms with E-state index in [1.165, 1.54) is 17.3 Å². The Hall–Kier alpha value is -2.63. The minimum atomic E-state index is -0.641. The highest BCUT2D eigenvalue weighted by Gasteiger charge is 2.14. The lowest BCUT2D eigenvalue weighted by Crippen LogP contribution is -2.19. The maximum absolute atomic E-state index is 11.1. The average molecular weight is 268 g/mol. The summed E-state index contributed by atoms with van der Waals surface area (Å²) in [5, 5.41) is 4.08. The zero-order valence-electron chi connectivity index (χ0n) is 11.5. The molecule has 2 N–H and O–H groups in total. The second kappa shape index (κ2) is 4.19. The Kier molecular flexibility index (Phi) is 2.60. The molecule has 0 bridgehead atoms. The fraction of sp³-hybridized carbons (Fsp3) is 0.214. The number of aryl methyl sites for hydroxylation is 3. The first-order chi connectivity index (χ1) is 9.47. The molecule has 3 aromatic rings. The van der Waals surface area contributed by atoms with Crippen molar-refractivity contribution in [1.82, 2.24) is 19.3 Å². The highest BCUT2D eigenvalue weighted by Crippen LogP contribution is 2.24. The Balaban J connectivity index is 2.20. The molecule has 0 spiro atoms. The predicted octanol–water partition coefficient (Wildman–Crippen LogP) is 1.78. The van der Waals surface area contributed by atoms with Crippen molar-refractivity contribution >= 4 is 17.1 Å². The van der Waals surface area contributed by atoms with Crippen molar-refractivity contribution < 1.29 is 4.79 Å². The van der Waals surface area contributed by atoms with Crippen LogP contribution < -0.4 is 5.73 Å². The highest BCUT2D eigenvalue weighted by atomic mass is 16.2. The van der Waals surface area contributed by atoms with E-state index < -0.39 is 6.03 Å². The van der Waals surface area contributed by atoms with Crippen LogP contribution in [-0.4, -0.2) is 25.4 Å². The van der Waals surface area contributed by atoms with Gasteiger partial charge in [0.1, 0.15) is 5.69 Å². The number of carbonyl (C=O) groups is 1. The molecule has 0 aliphatic carbocycles. The van der Waals surface area contributed by atoms with E-state index in [1.807, 2.05) is 17.7 Å². The fourth-order valence-electron chi connectivity index (χ4n) is 2.17. The number of hydrogen-bond acceptors (Lipinski definition) is 3. The van der Waals surface area contributed by atoms with Crippen molar-refractivity contribution in [1.29, 1.82) is 0 Å². The van der Waals surface area contributed by atoms with Crippen molar-refractivity contribution in [2.24, 2.45) is 12.8 Å². The average Bonchev–Trinajstić information content (AvgIpc) is 2.97. The molecule has 0 saturated heterocycles. The maximum Gasteiger partial charge on any atom is 0.339 e. The van der Waals surface area contributed by atoms with Gasteiger partial charge >= 0.3 is 6.03 Å². The standard InChI is InChI=1S/C14H14N5O/c1-8-6-11-12(7-9(8)2)18(3)13(16-11)10-4-5-19(17-10)14(15)20/h5-7H,1-3H3,(H2,15,20). The van der Waals surface area contributed by atoms with E-state index in [4.69, 9.17) is 5.73 Å². The Morgan fingerprint density at radius 2 is 2.00 bits per heavy atom. The first-order valence-corrected chi connectivity index (χ1v) is 6.18. The lowest BCUT2D eigenvalue weighted by atomic mass is 10.1. The van der Waals surface area contributed by atoms with Crippen molar-refractivity contribution in [3.8, 4) is 11.5 Å². The molecule has 0 atom stereocenters. The van der Waals surface area contributed by atoms with Crippen LogP contribution in [0.5, 0.6) is 0 Å². The number of benzene rings is 1. The summed E-state index contributed by atoms with van der Waals surface area (Å²) in [5.74, 6) is 0.657. The molecule has 0 fully saturated rings. The summed E-state index contributed by atoms with van der Waals surface area (Å²) in [6.45, 7) is 4.12. The van der Waals surface area contributed by atoms with Gasteiger partial charge in [-0.2, -0.15) is 9.78 Å². The van der Waals surface area contributed by atoms with E-state index in [-0.39, 0.29) is 0 Å². The monoisotopic (exact) mass is 268 g/mol. The molecule has 0 aliphatic rings. The summed E-state index contributed by atoms with van der Waals surface area (Å²) in [4.78, 5) is 15.6. The molecule has 2 aromatic heterocycles. The Morgan fingerprint density at radius 3 is 2.65 bits per heavy atom. The fourth-order valence-corrected chi connectivity index (χ4v) is 2.17. The van der Waals surface area contributed by atoms with Crippen LogP contribution >= 0.6 is 0 Å². The molecule has 6 heteroatoms. The van der Waals surface area contributed by atoms with E-state index in [0.717, 1.165) is 15.7 Å². The van der Waals surface area contributed by atoms with Crippen LogP contribution in [0.3, 0.4) is 0 Å². The number of amides is 1. The van der Waals surface area contributed by atoms with Gasteiger partial charge in [-0.15, -0.1) is 0 Å². The van der Waals surface area contributed by atoms with Gasteiger partial charge in [0.25, 0.3) is 0 Å². The number of carbonyl (C=O) groups excluding carboxylic acids is 1. The molecule has 101 valence electrons. The van der Waals surface area contributed by atoms with Crippen LogP contribution in [0.1, 0.15) is 11.1 Å². The quantitative estimate of drug-likeness (QED) is 0.730. The summed E-state index contributed by atoms with van der Waals surface area (Å²) in [5.41, 5.74) is 9.98. The van der Waals surface area contributed by atoms with E-state index in [2.05, 4.69) is 36.1 Å². The molecular weight excluding hydrogens is 254 g/mol. The number of nitrogens with zero attached hydrogens (tertiary/aromatic N) is 4. The molecule has 0 unspecified atom stereocenters. The minimum Gasteiger partial charge on any atom is -0.350 e. The second-order valence-electron chi connectivity index (χ2n) is 4.82. The largest absolute Gasteiger partial charge is 0.350 e. The third-order valence-corrected chi connectivity index (χ3v) is 3.47. The predicted molar refractivity (Wildman–Crippen MR) is 75.2 cm³/mol. The molecule has 0 saturated carbocycles. The maximum atomic E-state index is 11.1. The van der Waals surface area contributed by atoms with E-state index in [0.29, 0.717) is 11.5 Å². The van der Waals surface area contributed by atoms with Crippen LogP contribution in [0.2, 0.25) is 0 Å². The Bertz CT molecular complexity index is 828. The molecule has 1 radical (unpaired) electrons.